The van der Waals surface area contributed by atoms with Crippen LogP contribution in [0.4, 0.5) is 0 Å². The number of phosphoric ester groups is 1. The van der Waals surface area contributed by atoms with Gasteiger partial charge >= 0.3 is 19.8 Å². The van der Waals surface area contributed by atoms with E-state index in [0.717, 1.165) is 38.5 Å². The van der Waals surface area contributed by atoms with E-state index in [9.17, 15) is 19.0 Å². The van der Waals surface area contributed by atoms with E-state index in [2.05, 4.69) is 26.0 Å². The Hall–Kier alpha value is -1.25. The highest BCUT2D eigenvalue weighted by molar-refractivity contribution is 7.47. The molecule has 0 spiro atoms. The molecule has 0 aliphatic rings. The molecule has 0 saturated carbocycles. The van der Waals surface area contributed by atoms with Crippen LogP contribution in [0.2, 0.25) is 0 Å². The van der Waals surface area contributed by atoms with Crippen molar-refractivity contribution in [3.8, 4) is 0 Å². The summed E-state index contributed by atoms with van der Waals surface area (Å²) in [7, 11) is 1.50. The summed E-state index contributed by atoms with van der Waals surface area (Å²) in [5.41, 5.74) is 0. The highest BCUT2D eigenvalue weighted by Crippen LogP contribution is 2.43. The summed E-state index contributed by atoms with van der Waals surface area (Å²) in [5, 5.41) is 0. The number of quaternary nitrogens is 1. The molecule has 0 rings (SSSR count). The van der Waals surface area contributed by atoms with Crippen LogP contribution in [0.25, 0.3) is 0 Å². The normalized spacial score (nSPS) is 13.2. The summed E-state index contributed by atoms with van der Waals surface area (Å²) in [4.78, 5) is 35.7. The highest BCUT2D eigenvalue weighted by atomic mass is 31.2. The second-order valence-electron chi connectivity index (χ2n) is 24.2. The van der Waals surface area contributed by atoms with Crippen LogP contribution in [0, 0.1) is 0 Å². The first kappa shape index (κ1) is 74.8. The fourth-order valence-electron chi connectivity index (χ4n) is 10.1. The Labute approximate surface area is 473 Å². The molecule has 0 aromatic heterocycles. The monoisotopic (exact) mass is 1100 g/mol. The van der Waals surface area contributed by atoms with E-state index < -0.39 is 26.5 Å². The van der Waals surface area contributed by atoms with Gasteiger partial charge in [-0.1, -0.05) is 309 Å². The maximum atomic E-state index is 12.8. The Kier molecular flexibility index (Phi) is 57.4. The van der Waals surface area contributed by atoms with Crippen molar-refractivity contribution < 1.29 is 42.1 Å². The van der Waals surface area contributed by atoms with Gasteiger partial charge in [-0.15, -0.1) is 0 Å². The van der Waals surface area contributed by atoms with Crippen molar-refractivity contribution in [1.82, 2.24) is 0 Å². The third-order valence-corrected chi connectivity index (χ3v) is 16.3. The van der Waals surface area contributed by atoms with Gasteiger partial charge in [-0.2, -0.15) is 0 Å². The number of likely N-dealkylation sites (N-methyl/N-ethyl adjacent to an activating group) is 1. The third kappa shape index (κ3) is 62.0. The number of rotatable bonds is 63. The molecule has 2 unspecified atom stereocenters. The molecule has 9 nitrogen and oxygen atoms in total. The molecule has 0 aliphatic carbocycles. The number of hydrogen-bond acceptors (Lipinski definition) is 7. The molecule has 0 aromatic rings. The van der Waals surface area contributed by atoms with Gasteiger partial charge in [0.25, 0.3) is 0 Å². The summed E-state index contributed by atoms with van der Waals surface area (Å²) >= 11 is 0. The number of carbonyl (C=O) groups is 2. The van der Waals surface area contributed by atoms with E-state index in [1.165, 1.54) is 283 Å². The first-order valence-electron chi connectivity index (χ1n) is 33.4. The number of hydrogen-bond donors (Lipinski definition) is 1. The lowest BCUT2D eigenvalue weighted by Gasteiger charge is -2.24. The summed E-state index contributed by atoms with van der Waals surface area (Å²) in [6.07, 6.45) is 70.5. The van der Waals surface area contributed by atoms with Crippen LogP contribution in [-0.2, 0) is 32.7 Å². The largest absolute Gasteiger partial charge is 0.472 e. The van der Waals surface area contributed by atoms with Crippen LogP contribution in [0.15, 0.2) is 12.2 Å². The minimum absolute atomic E-state index is 0.0367. The molecule has 0 amide bonds. The maximum Gasteiger partial charge on any atom is 0.472 e. The summed E-state index contributed by atoms with van der Waals surface area (Å²) in [5.74, 6) is -0.776. The first-order valence-corrected chi connectivity index (χ1v) is 34.9. The third-order valence-electron chi connectivity index (χ3n) is 15.3. The standard InChI is InChI=1S/C66H130NO8P/c1-6-8-10-12-14-16-18-20-21-22-23-24-25-26-27-28-29-30-31-32-33-34-35-36-37-38-39-40-41-42-43-44-45-47-49-51-53-55-57-59-66(69)75-64(63-74-76(70,71)73-61-60-67(3,4)5)62-72-65(68)58-56-54-52-50-48-46-19-17-15-13-11-9-7-2/h22-23,64H,6-21,24-63H2,1-5H3/p+1/b23-22-. The number of nitrogens with zero attached hydrogens (tertiary/aromatic N) is 1. The number of ether oxygens (including phenoxy) is 2. The van der Waals surface area contributed by atoms with E-state index in [-0.39, 0.29) is 25.6 Å². The van der Waals surface area contributed by atoms with Gasteiger partial charge in [0.15, 0.2) is 6.10 Å². The fourth-order valence-corrected chi connectivity index (χ4v) is 10.9. The van der Waals surface area contributed by atoms with Crippen molar-refractivity contribution >= 4 is 19.8 Å². The molecular formula is C66H131NO8P+. The molecular weight excluding hydrogens is 966 g/mol. The summed E-state index contributed by atoms with van der Waals surface area (Å²) in [6.45, 7) is 4.49. The quantitative estimate of drug-likeness (QED) is 0.0211. The predicted octanol–water partition coefficient (Wildman–Crippen LogP) is 21.2. The minimum atomic E-state index is -4.38. The zero-order valence-corrected chi connectivity index (χ0v) is 52.4. The summed E-state index contributed by atoms with van der Waals surface area (Å²) < 4.78 is 34.6. The zero-order valence-electron chi connectivity index (χ0n) is 51.5. The van der Waals surface area contributed by atoms with E-state index in [0.29, 0.717) is 17.4 Å². The molecule has 76 heavy (non-hydrogen) atoms. The van der Waals surface area contributed by atoms with Crippen LogP contribution in [0.5, 0.6) is 0 Å². The molecule has 452 valence electrons. The van der Waals surface area contributed by atoms with Crippen LogP contribution >= 0.6 is 7.82 Å². The second-order valence-corrected chi connectivity index (χ2v) is 25.7. The molecule has 0 heterocycles. The number of phosphoric acid groups is 1. The molecule has 10 heteroatoms. The van der Waals surface area contributed by atoms with Gasteiger partial charge in [0.1, 0.15) is 19.8 Å². The van der Waals surface area contributed by atoms with E-state index in [1.807, 2.05) is 21.1 Å². The van der Waals surface area contributed by atoms with Gasteiger partial charge in [0.05, 0.1) is 27.7 Å². The zero-order chi connectivity index (χ0) is 55.6. The Morgan fingerprint density at radius 3 is 0.974 bits per heavy atom. The first-order chi connectivity index (χ1) is 37.0. The van der Waals surface area contributed by atoms with Gasteiger partial charge in [0, 0.05) is 12.8 Å². The van der Waals surface area contributed by atoms with Gasteiger partial charge in [-0.25, -0.2) is 4.57 Å². The predicted molar refractivity (Wildman–Crippen MR) is 326 cm³/mol. The Morgan fingerprint density at radius 2 is 0.671 bits per heavy atom. The smallest absolute Gasteiger partial charge is 0.462 e. The van der Waals surface area contributed by atoms with Gasteiger partial charge in [0.2, 0.25) is 0 Å². The minimum Gasteiger partial charge on any atom is -0.462 e. The number of carbonyl (C=O) groups excluding carboxylic acids is 2. The SMILES string of the molecule is CCCCCCCCCC/C=C\CCCCCCCCCCCCCCCCCCCCCCCCCCCCCC(=O)OC(COC(=O)CCCCCCCCCCCCCCC)COP(=O)(O)OCC[N+](C)(C)C. The lowest BCUT2D eigenvalue weighted by molar-refractivity contribution is -0.870. The van der Waals surface area contributed by atoms with Crippen LogP contribution in [-0.4, -0.2) is 74.9 Å². The molecule has 0 saturated heterocycles. The van der Waals surface area contributed by atoms with Crippen molar-refractivity contribution in [2.75, 3.05) is 47.5 Å². The van der Waals surface area contributed by atoms with Gasteiger partial charge in [-0.3, -0.25) is 18.6 Å². The average molecular weight is 1100 g/mol. The second kappa shape index (κ2) is 58.4. The summed E-state index contributed by atoms with van der Waals surface area (Å²) in [6, 6.07) is 0. The molecule has 0 aliphatic heterocycles. The van der Waals surface area contributed by atoms with Crippen molar-refractivity contribution in [3.63, 3.8) is 0 Å². The number of unbranched alkanes of at least 4 members (excludes halogenated alkanes) is 47. The highest BCUT2D eigenvalue weighted by Gasteiger charge is 2.27. The van der Waals surface area contributed by atoms with Gasteiger partial charge < -0.3 is 18.9 Å². The van der Waals surface area contributed by atoms with Crippen LogP contribution < -0.4 is 0 Å². The van der Waals surface area contributed by atoms with Crippen molar-refractivity contribution in [3.05, 3.63) is 12.2 Å². The van der Waals surface area contributed by atoms with Gasteiger partial charge in [-0.05, 0) is 38.5 Å². The molecule has 0 fully saturated rings. The Balaban J connectivity index is 3.83. The number of esters is 2. The Bertz CT molecular complexity index is 1290. The van der Waals surface area contributed by atoms with E-state index in [1.54, 1.807) is 0 Å². The van der Waals surface area contributed by atoms with E-state index >= 15 is 0 Å². The average Bonchev–Trinajstić information content (AvgIpc) is 3.38. The molecule has 0 radical (unpaired) electrons. The van der Waals surface area contributed by atoms with Crippen LogP contribution in [0.1, 0.15) is 348 Å². The van der Waals surface area contributed by atoms with Crippen molar-refractivity contribution in [2.24, 2.45) is 0 Å². The Morgan fingerprint density at radius 1 is 0.395 bits per heavy atom. The molecule has 0 aromatic carbocycles. The lowest BCUT2D eigenvalue weighted by Crippen LogP contribution is -2.37. The topological polar surface area (TPSA) is 108 Å². The molecule has 1 N–H and O–H groups in total. The molecule has 0 bridgehead atoms. The maximum absolute atomic E-state index is 12.8. The van der Waals surface area contributed by atoms with E-state index in [4.69, 9.17) is 18.5 Å². The van der Waals surface area contributed by atoms with Crippen LogP contribution in [0.3, 0.4) is 0 Å². The lowest BCUT2D eigenvalue weighted by atomic mass is 10.0. The number of allylic oxidation sites excluding steroid dienone is 2. The molecule has 2 atom stereocenters. The van der Waals surface area contributed by atoms with Crippen molar-refractivity contribution in [1.29, 1.82) is 0 Å². The van der Waals surface area contributed by atoms with Crippen molar-refractivity contribution in [2.45, 2.75) is 354 Å². The fraction of sp³-hybridized carbons (Fsp3) is 0.939.